The molecule has 0 amide bonds. The van der Waals surface area contributed by atoms with Gasteiger partial charge in [0.15, 0.2) is 11.9 Å². The lowest BCUT2D eigenvalue weighted by Crippen LogP contribution is -2.49. The van der Waals surface area contributed by atoms with Gasteiger partial charge in [0.05, 0.1) is 31.4 Å². The summed E-state index contributed by atoms with van der Waals surface area (Å²) in [5.74, 6) is -0.863. The molecule has 2 aromatic heterocycles. The highest BCUT2D eigenvalue weighted by atomic mass is 35.5. The second kappa shape index (κ2) is 11.7. The third kappa shape index (κ3) is 5.53. The normalized spacial score (nSPS) is 26.1. The predicted molar refractivity (Wildman–Crippen MR) is 131 cm³/mol. The molecule has 2 aliphatic rings. The van der Waals surface area contributed by atoms with Gasteiger partial charge in [-0.1, -0.05) is 12.8 Å². The van der Waals surface area contributed by atoms with Crippen LogP contribution in [0.5, 0.6) is 0 Å². The van der Waals surface area contributed by atoms with Crippen molar-refractivity contribution in [2.24, 2.45) is 0 Å². The van der Waals surface area contributed by atoms with Crippen molar-refractivity contribution in [3.8, 4) is 0 Å². The van der Waals surface area contributed by atoms with Crippen LogP contribution in [0.4, 0.5) is 5.82 Å². The molecule has 1 saturated heterocycles. The van der Waals surface area contributed by atoms with E-state index in [2.05, 4.69) is 20.4 Å². The van der Waals surface area contributed by atoms with Crippen LogP contribution in [0.2, 0.25) is 5.28 Å². The van der Waals surface area contributed by atoms with Crippen molar-refractivity contribution in [2.45, 2.75) is 68.5 Å². The maximum absolute atomic E-state index is 12.5. The van der Waals surface area contributed by atoms with Gasteiger partial charge in [-0.15, -0.1) is 0 Å². The Morgan fingerprint density at radius 2 is 2.00 bits per heavy atom. The maximum atomic E-state index is 12.5. The molecule has 5 atom stereocenters. The van der Waals surface area contributed by atoms with E-state index in [0.29, 0.717) is 11.2 Å². The average molecular weight is 580 g/mol. The number of aromatic nitrogens is 4. The first-order chi connectivity index (χ1) is 18.0. The van der Waals surface area contributed by atoms with Gasteiger partial charge in [-0.05, 0) is 31.4 Å². The fraction of sp³-hybridized carbons (Fsp3) is 0.714. The molecule has 2 aromatic rings. The van der Waals surface area contributed by atoms with E-state index in [1.807, 2.05) is 0 Å². The first kappa shape index (κ1) is 29.1. The summed E-state index contributed by atoms with van der Waals surface area (Å²) in [7, 11) is -4.17. The largest absolute Gasteiger partial charge is 0.463 e. The molecule has 3 heterocycles. The van der Waals surface area contributed by atoms with Gasteiger partial charge < -0.3 is 44.3 Å². The van der Waals surface area contributed by atoms with Gasteiger partial charge in [-0.2, -0.15) is 15.1 Å². The van der Waals surface area contributed by atoms with Crippen LogP contribution in [0, 0.1) is 0 Å². The van der Waals surface area contributed by atoms with Gasteiger partial charge in [0.2, 0.25) is 5.28 Å². The summed E-state index contributed by atoms with van der Waals surface area (Å²) in [4.78, 5) is 40.9. The molecule has 1 unspecified atom stereocenters. The topological polar surface area (TPSA) is 208 Å². The molecule has 1 aliphatic heterocycles. The van der Waals surface area contributed by atoms with Crippen LogP contribution >= 0.6 is 19.2 Å². The molecule has 1 aliphatic carbocycles. The molecule has 38 heavy (non-hydrogen) atoms. The zero-order valence-electron chi connectivity index (χ0n) is 20.8. The third-order valence-corrected chi connectivity index (χ3v) is 8.14. The van der Waals surface area contributed by atoms with Gasteiger partial charge in [0, 0.05) is 13.2 Å². The number of nitrogens with zero attached hydrogens (tertiary/aromatic N) is 4. The van der Waals surface area contributed by atoms with Crippen LogP contribution in [0.3, 0.4) is 0 Å². The summed E-state index contributed by atoms with van der Waals surface area (Å²) in [6.45, 7) is -0.253. The number of halogens is 1. The summed E-state index contributed by atoms with van der Waals surface area (Å²) in [6.07, 6.45) is -0.0453. The third-order valence-electron chi connectivity index (χ3n) is 6.59. The number of hydrogen-bond donors (Lipinski definition) is 5. The Morgan fingerprint density at radius 1 is 1.29 bits per heavy atom. The number of carbonyl (C=O) groups excluding carboxylic acids is 1. The molecule has 5 N–H and O–H groups in total. The monoisotopic (exact) mass is 579 g/mol. The summed E-state index contributed by atoms with van der Waals surface area (Å²) in [6, 6.07) is 0.227. The molecule has 0 bridgehead atoms. The van der Waals surface area contributed by atoms with E-state index in [-0.39, 0.29) is 23.6 Å². The number of carbonyl (C=O) groups is 1. The van der Waals surface area contributed by atoms with E-state index in [9.17, 15) is 29.4 Å². The van der Waals surface area contributed by atoms with Crippen molar-refractivity contribution < 1.29 is 48.3 Å². The number of hydrogen-bond acceptors (Lipinski definition) is 12. The Balaban J connectivity index is 1.57. The molecular formula is C21H31ClN5O10P. The van der Waals surface area contributed by atoms with Crippen molar-refractivity contribution in [3.63, 3.8) is 0 Å². The molecule has 0 spiro atoms. The fourth-order valence-electron chi connectivity index (χ4n) is 4.63. The molecule has 0 radical (unpaired) electrons. The van der Waals surface area contributed by atoms with Crippen molar-refractivity contribution in [2.75, 3.05) is 32.2 Å². The number of esters is 1. The van der Waals surface area contributed by atoms with Crippen molar-refractivity contribution in [1.29, 1.82) is 0 Å². The van der Waals surface area contributed by atoms with Gasteiger partial charge in [-0.25, -0.2) is 9.48 Å². The minimum absolute atomic E-state index is 0.0619. The summed E-state index contributed by atoms with van der Waals surface area (Å²) in [5.41, 5.74) is 0.235. The van der Waals surface area contributed by atoms with E-state index in [4.69, 9.17) is 30.5 Å². The molecule has 212 valence electrons. The van der Waals surface area contributed by atoms with Gasteiger partial charge >= 0.3 is 13.6 Å². The number of nitrogens with one attached hydrogen (secondary N) is 1. The maximum Gasteiger partial charge on any atom is 0.371 e. The van der Waals surface area contributed by atoms with Crippen LogP contribution in [0.1, 0.15) is 38.8 Å². The second-order valence-corrected chi connectivity index (χ2v) is 11.3. The lowest BCUT2D eigenvalue weighted by Gasteiger charge is -2.32. The number of aliphatic hydroxyl groups excluding tert-OH is 2. The lowest BCUT2D eigenvalue weighted by atomic mass is 10.1. The number of anilines is 1. The molecule has 4 rings (SSSR count). The SMILES string of the molecule is CCOC(=O)C(COC)(OC[C@H]1O[C@@H](n2ncc3c(NC4CCCC4)nc(Cl)nc32)[C@H](O)[C@@H]1O)P(=O)(O)O. The number of methoxy groups -OCH3 is 1. The molecule has 17 heteroatoms. The first-order valence-corrected chi connectivity index (χ1v) is 14.1. The highest BCUT2D eigenvalue weighted by molar-refractivity contribution is 7.54. The van der Waals surface area contributed by atoms with Crippen molar-refractivity contribution in [3.05, 3.63) is 11.5 Å². The van der Waals surface area contributed by atoms with Crippen molar-refractivity contribution >= 4 is 42.0 Å². The molecule has 0 aromatic carbocycles. The van der Waals surface area contributed by atoms with E-state index in [0.717, 1.165) is 32.8 Å². The highest BCUT2D eigenvalue weighted by Crippen LogP contribution is 2.52. The standard InChI is InChI=1S/C21H31ClN5O10P/c1-3-35-19(30)21(10-34-2,38(31,32)33)36-9-13-14(28)15(29)18(37-13)27-17-12(8-23-27)16(25-20(22)26-17)24-11-6-4-5-7-11/h8,11,13-15,18,28-29H,3-7,9-10H2,1-2H3,(H,24,25,26)(H2,31,32,33)/t13-,14-,15-,18-,21?/m1/s1. The Bertz CT molecular complexity index is 1190. The van der Waals surface area contributed by atoms with Crippen LogP contribution < -0.4 is 5.32 Å². The smallest absolute Gasteiger partial charge is 0.371 e. The van der Waals surface area contributed by atoms with Gasteiger partial charge in [0.25, 0.3) is 5.34 Å². The Morgan fingerprint density at radius 3 is 2.63 bits per heavy atom. The van der Waals surface area contributed by atoms with Crippen molar-refractivity contribution in [1.82, 2.24) is 19.7 Å². The summed E-state index contributed by atoms with van der Waals surface area (Å²) >= 11 is 6.16. The molecule has 1 saturated carbocycles. The second-order valence-electron chi connectivity index (χ2n) is 9.13. The number of aliphatic hydroxyl groups is 2. The Kier molecular flexibility index (Phi) is 8.91. The van der Waals surface area contributed by atoms with Crippen LogP contribution in [0.15, 0.2) is 6.20 Å². The fourth-order valence-corrected chi connectivity index (χ4v) is 5.64. The number of ether oxygens (including phenoxy) is 4. The predicted octanol–water partition coefficient (Wildman–Crippen LogP) is 0.553. The Hall–Kier alpha value is -1.94. The summed E-state index contributed by atoms with van der Waals surface area (Å²) in [5, 5.41) is 26.7. The Labute approximate surface area is 222 Å². The first-order valence-electron chi connectivity index (χ1n) is 12.1. The lowest BCUT2D eigenvalue weighted by molar-refractivity contribution is -0.174. The highest BCUT2D eigenvalue weighted by Gasteiger charge is 2.58. The molecule has 2 fully saturated rings. The molecule has 15 nitrogen and oxygen atoms in total. The van der Waals surface area contributed by atoms with E-state index in [1.54, 1.807) is 0 Å². The zero-order chi connectivity index (χ0) is 27.7. The van der Waals surface area contributed by atoms with Gasteiger partial charge in [-0.3, -0.25) is 4.57 Å². The van der Waals surface area contributed by atoms with Crippen LogP contribution in [0.25, 0.3) is 11.0 Å². The number of fused-ring (bicyclic) bond motifs is 1. The van der Waals surface area contributed by atoms with Gasteiger partial charge in [0.1, 0.15) is 24.1 Å². The van der Waals surface area contributed by atoms with Crippen LogP contribution in [-0.4, -0.2) is 102 Å². The molecular weight excluding hydrogens is 549 g/mol. The number of rotatable bonds is 11. The van der Waals surface area contributed by atoms with E-state index < -0.39 is 56.7 Å². The van der Waals surface area contributed by atoms with Crippen LogP contribution in [-0.2, 0) is 28.3 Å². The van der Waals surface area contributed by atoms with E-state index >= 15 is 0 Å². The minimum Gasteiger partial charge on any atom is -0.463 e. The quantitative estimate of drug-likeness (QED) is 0.140. The van der Waals surface area contributed by atoms with E-state index in [1.165, 1.54) is 17.8 Å². The zero-order valence-corrected chi connectivity index (χ0v) is 22.4. The summed E-state index contributed by atoms with van der Waals surface area (Å²) < 4.78 is 34.3. The minimum atomic E-state index is -5.30. The average Bonchev–Trinajstić information content (AvgIpc) is 3.57.